The number of carbonyl (C=O) groups excluding carboxylic acids is 1. The van der Waals surface area contributed by atoms with Gasteiger partial charge in [-0.2, -0.15) is 0 Å². The maximum absolute atomic E-state index is 11.8. The predicted octanol–water partition coefficient (Wildman–Crippen LogP) is 1.10. The molecule has 17 heavy (non-hydrogen) atoms. The smallest absolute Gasteiger partial charge is 0.355 e. The van der Waals surface area contributed by atoms with Crippen LogP contribution in [0, 0.1) is 6.92 Å². The third kappa shape index (κ3) is 2.39. The van der Waals surface area contributed by atoms with Gasteiger partial charge in [0.05, 0.1) is 6.61 Å². The molecule has 2 rings (SSSR count). The maximum atomic E-state index is 11.8. The Morgan fingerprint density at radius 1 is 1.53 bits per heavy atom. The van der Waals surface area contributed by atoms with Gasteiger partial charge in [0.1, 0.15) is 13.2 Å². The first-order valence-corrected chi connectivity index (χ1v) is 5.53. The van der Waals surface area contributed by atoms with Crippen molar-refractivity contribution in [2.75, 3.05) is 19.8 Å². The lowest BCUT2D eigenvalue weighted by Crippen LogP contribution is -2.61. The van der Waals surface area contributed by atoms with Gasteiger partial charge in [-0.05, 0) is 19.4 Å². The van der Waals surface area contributed by atoms with Gasteiger partial charge in [-0.1, -0.05) is 6.07 Å². The molecular weight excluding hydrogens is 222 g/mol. The molecule has 5 heteroatoms. The van der Waals surface area contributed by atoms with E-state index in [0.717, 1.165) is 5.56 Å². The fraction of sp³-hybridized carbons (Fsp3) is 0.500. The van der Waals surface area contributed by atoms with E-state index in [1.165, 1.54) is 0 Å². The molecule has 2 heterocycles. The molecule has 1 saturated heterocycles. The fourth-order valence-corrected chi connectivity index (χ4v) is 1.48. The fourth-order valence-electron chi connectivity index (χ4n) is 1.48. The highest BCUT2D eigenvalue weighted by Gasteiger charge is 2.50. The number of nitrogens with zero attached hydrogens (tertiary/aromatic N) is 1. The molecular formula is C12H15NO4. The number of aromatic nitrogens is 1. The molecule has 0 atom stereocenters. The average molecular weight is 237 g/mol. The van der Waals surface area contributed by atoms with Crippen molar-refractivity contribution in [3.63, 3.8) is 0 Å². The normalized spacial score (nSPS) is 17.1. The summed E-state index contributed by atoms with van der Waals surface area (Å²) in [6.45, 7) is 4.44. The Morgan fingerprint density at radius 3 is 2.76 bits per heavy atom. The van der Waals surface area contributed by atoms with Crippen LogP contribution in [0.5, 0.6) is 5.88 Å². The van der Waals surface area contributed by atoms with Gasteiger partial charge in [-0.3, -0.25) is 0 Å². The van der Waals surface area contributed by atoms with Crippen molar-refractivity contribution in [3.05, 3.63) is 23.9 Å². The Bertz CT molecular complexity index is 397. The van der Waals surface area contributed by atoms with Crippen molar-refractivity contribution in [1.82, 2.24) is 4.98 Å². The van der Waals surface area contributed by atoms with Gasteiger partial charge in [-0.25, -0.2) is 9.78 Å². The van der Waals surface area contributed by atoms with Crippen LogP contribution in [-0.4, -0.2) is 36.4 Å². The van der Waals surface area contributed by atoms with Crippen LogP contribution in [0.25, 0.3) is 0 Å². The van der Waals surface area contributed by atoms with E-state index in [1.54, 1.807) is 19.2 Å². The van der Waals surface area contributed by atoms with Crippen LogP contribution in [-0.2, 0) is 14.3 Å². The van der Waals surface area contributed by atoms with E-state index in [0.29, 0.717) is 12.5 Å². The highest BCUT2D eigenvalue weighted by Crippen LogP contribution is 2.25. The Balaban J connectivity index is 2.09. The second-order valence-electron chi connectivity index (χ2n) is 3.98. The molecule has 0 spiro atoms. The lowest BCUT2D eigenvalue weighted by molar-refractivity contribution is -0.203. The van der Waals surface area contributed by atoms with E-state index in [1.807, 2.05) is 13.0 Å². The number of pyridine rings is 1. The maximum Gasteiger partial charge on any atom is 0.355 e. The lowest BCUT2D eigenvalue weighted by atomic mass is 10.0. The SMILES string of the molecule is CCOC(=O)C1(Oc2ccc(C)cn2)COC1. The van der Waals surface area contributed by atoms with Crippen LogP contribution in [0.2, 0.25) is 0 Å². The molecule has 1 fully saturated rings. The standard InChI is InChI=1S/C12H15NO4/c1-3-16-11(14)12(7-15-8-12)17-10-5-4-9(2)6-13-10/h4-6H,3,7-8H2,1-2H3. The zero-order chi connectivity index (χ0) is 12.3. The third-order valence-corrected chi connectivity index (χ3v) is 2.50. The highest BCUT2D eigenvalue weighted by molar-refractivity contribution is 5.81. The second-order valence-corrected chi connectivity index (χ2v) is 3.98. The Morgan fingerprint density at radius 2 is 2.29 bits per heavy atom. The molecule has 0 aromatic carbocycles. The Labute approximate surface area is 99.7 Å². The summed E-state index contributed by atoms with van der Waals surface area (Å²) in [4.78, 5) is 15.9. The van der Waals surface area contributed by atoms with E-state index in [9.17, 15) is 4.79 Å². The van der Waals surface area contributed by atoms with Crippen molar-refractivity contribution in [2.45, 2.75) is 19.4 Å². The first-order valence-electron chi connectivity index (χ1n) is 5.53. The van der Waals surface area contributed by atoms with E-state index in [2.05, 4.69) is 4.98 Å². The average Bonchev–Trinajstić information content (AvgIpc) is 2.26. The number of carbonyl (C=O) groups is 1. The lowest BCUT2D eigenvalue weighted by Gasteiger charge is -2.38. The minimum atomic E-state index is -1.02. The minimum absolute atomic E-state index is 0.210. The summed E-state index contributed by atoms with van der Waals surface area (Å²) < 4.78 is 15.6. The zero-order valence-corrected chi connectivity index (χ0v) is 9.93. The minimum Gasteiger partial charge on any atom is -0.463 e. The molecule has 0 N–H and O–H groups in total. The quantitative estimate of drug-likeness (QED) is 0.734. The molecule has 0 saturated carbocycles. The summed E-state index contributed by atoms with van der Waals surface area (Å²) in [6.07, 6.45) is 1.69. The summed E-state index contributed by atoms with van der Waals surface area (Å²) in [5, 5.41) is 0. The van der Waals surface area contributed by atoms with Gasteiger partial charge in [0.25, 0.3) is 5.60 Å². The number of rotatable bonds is 4. The van der Waals surface area contributed by atoms with Gasteiger partial charge in [0.2, 0.25) is 5.88 Å². The molecule has 0 radical (unpaired) electrons. The molecule has 0 aliphatic carbocycles. The third-order valence-electron chi connectivity index (χ3n) is 2.50. The Hall–Kier alpha value is -1.62. The summed E-state index contributed by atoms with van der Waals surface area (Å²) >= 11 is 0. The van der Waals surface area contributed by atoms with Crippen LogP contribution < -0.4 is 4.74 Å². The van der Waals surface area contributed by atoms with Crippen LogP contribution in [0.15, 0.2) is 18.3 Å². The van der Waals surface area contributed by atoms with Gasteiger partial charge < -0.3 is 14.2 Å². The van der Waals surface area contributed by atoms with E-state index in [-0.39, 0.29) is 13.2 Å². The topological polar surface area (TPSA) is 57.7 Å². The van der Waals surface area contributed by atoms with Crippen LogP contribution in [0.3, 0.4) is 0 Å². The summed E-state index contributed by atoms with van der Waals surface area (Å²) in [5.41, 5.74) is 0.0190. The van der Waals surface area contributed by atoms with Gasteiger partial charge in [-0.15, -0.1) is 0 Å². The van der Waals surface area contributed by atoms with Crippen LogP contribution in [0.1, 0.15) is 12.5 Å². The van der Waals surface area contributed by atoms with E-state index >= 15 is 0 Å². The van der Waals surface area contributed by atoms with Gasteiger partial charge in [0.15, 0.2) is 0 Å². The Kier molecular flexibility index (Phi) is 3.28. The molecule has 1 aromatic rings. The van der Waals surface area contributed by atoms with Crippen molar-refractivity contribution >= 4 is 5.97 Å². The summed E-state index contributed by atoms with van der Waals surface area (Å²) in [7, 11) is 0. The molecule has 5 nitrogen and oxygen atoms in total. The summed E-state index contributed by atoms with van der Waals surface area (Å²) in [5.74, 6) is 0.0144. The van der Waals surface area contributed by atoms with E-state index in [4.69, 9.17) is 14.2 Å². The molecule has 1 aliphatic heterocycles. The first kappa shape index (κ1) is 11.9. The summed E-state index contributed by atoms with van der Waals surface area (Å²) in [6, 6.07) is 3.61. The largest absolute Gasteiger partial charge is 0.463 e. The number of hydrogen-bond donors (Lipinski definition) is 0. The van der Waals surface area contributed by atoms with Crippen LogP contribution in [0.4, 0.5) is 0 Å². The molecule has 1 aliphatic rings. The molecule has 0 bridgehead atoms. The molecule has 0 unspecified atom stereocenters. The number of ether oxygens (including phenoxy) is 3. The molecule has 1 aromatic heterocycles. The van der Waals surface area contributed by atoms with Gasteiger partial charge in [0, 0.05) is 12.3 Å². The second kappa shape index (κ2) is 4.71. The zero-order valence-electron chi connectivity index (χ0n) is 9.93. The van der Waals surface area contributed by atoms with Gasteiger partial charge >= 0.3 is 5.97 Å². The van der Waals surface area contributed by atoms with Crippen molar-refractivity contribution in [3.8, 4) is 5.88 Å². The molecule has 0 amide bonds. The van der Waals surface area contributed by atoms with Crippen molar-refractivity contribution in [1.29, 1.82) is 0 Å². The monoisotopic (exact) mass is 237 g/mol. The predicted molar refractivity (Wildman–Crippen MR) is 59.8 cm³/mol. The first-order chi connectivity index (χ1) is 8.16. The number of hydrogen-bond acceptors (Lipinski definition) is 5. The van der Waals surface area contributed by atoms with E-state index < -0.39 is 11.6 Å². The van der Waals surface area contributed by atoms with Crippen molar-refractivity contribution < 1.29 is 19.0 Å². The van der Waals surface area contributed by atoms with Crippen molar-refractivity contribution in [2.24, 2.45) is 0 Å². The highest BCUT2D eigenvalue weighted by atomic mass is 16.6. The van der Waals surface area contributed by atoms with Crippen LogP contribution >= 0.6 is 0 Å². The number of esters is 1. The molecule has 92 valence electrons. The number of aryl methyl sites for hydroxylation is 1.